The van der Waals surface area contributed by atoms with Gasteiger partial charge in [0.15, 0.2) is 5.82 Å². The molecule has 1 saturated heterocycles. The summed E-state index contributed by atoms with van der Waals surface area (Å²) in [4.78, 5) is 67.0. The first-order valence-corrected chi connectivity index (χ1v) is 26.8. The van der Waals surface area contributed by atoms with E-state index in [9.17, 15) is 24.3 Å². The van der Waals surface area contributed by atoms with Gasteiger partial charge in [-0.05, 0) is 61.9 Å². The second kappa shape index (κ2) is 24.6. The average molecular weight is 1080 g/mol. The number of nitrogens with zero attached hydrogens (tertiary/aromatic N) is 9. The molecule has 6 heterocycles. The fraction of sp³-hybridized carbons (Fsp3) is 0.462. The second-order valence-electron chi connectivity index (χ2n) is 19.6. The largest absolute Gasteiger partial charge is 0.391 e. The number of halogens is 1. The minimum absolute atomic E-state index is 0.0296. The highest BCUT2D eigenvalue weighted by molar-refractivity contribution is 7.15. The van der Waals surface area contributed by atoms with E-state index in [2.05, 4.69) is 55.3 Å². The van der Waals surface area contributed by atoms with Crippen LogP contribution in [0, 0.1) is 33.1 Å². The topological polar surface area (TPSA) is 242 Å². The van der Waals surface area contributed by atoms with Crippen molar-refractivity contribution >= 4 is 63.6 Å². The predicted molar refractivity (Wildman–Crippen MR) is 284 cm³/mol. The molecule has 0 saturated carbocycles. The van der Waals surface area contributed by atoms with Crippen molar-refractivity contribution < 1.29 is 38.5 Å². The van der Waals surface area contributed by atoms with E-state index in [1.807, 2.05) is 93.2 Å². The van der Waals surface area contributed by atoms with Gasteiger partial charge in [-0.15, -0.1) is 38.0 Å². The molecule has 398 valence electrons. The average Bonchev–Trinajstić information content (AvgIpc) is 4.23. The van der Waals surface area contributed by atoms with Crippen LogP contribution in [0.5, 0.6) is 0 Å². The molecule has 75 heavy (non-hydrogen) atoms. The van der Waals surface area contributed by atoms with Gasteiger partial charge in [-0.2, -0.15) is 0 Å². The van der Waals surface area contributed by atoms with Crippen molar-refractivity contribution in [1.29, 1.82) is 0 Å². The Morgan fingerprint density at radius 2 is 1.61 bits per heavy atom. The number of carbonyl (C=O) groups excluding carboxylic acids is 4. The molecule has 4 N–H and O–H groups in total. The molecule has 2 aliphatic heterocycles. The number of likely N-dealkylation sites (tertiary alicyclic amines) is 1. The molecule has 23 heteroatoms. The van der Waals surface area contributed by atoms with Crippen molar-refractivity contribution in [2.24, 2.45) is 10.4 Å². The number of thiophene rings is 1. The molecule has 4 aromatic heterocycles. The molecule has 4 atom stereocenters. The Morgan fingerprint density at radius 1 is 0.893 bits per heavy atom. The van der Waals surface area contributed by atoms with E-state index in [1.54, 1.807) is 33.6 Å². The Bertz CT molecular complexity index is 3000. The minimum Gasteiger partial charge on any atom is -0.391 e. The normalized spacial score (nSPS) is 16.7. The molecule has 4 amide bonds. The lowest BCUT2D eigenvalue weighted by Crippen LogP contribution is -2.58. The van der Waals surface area contributed by atoms with Crippen LogP contribution in [0.1, 0.15) is 89.8 Å². The van der Waals surface area contributed by atoms with E-state index in [4.69, 9.17) is 30.8 Å². The molecular weight excluding hydrogens is 1020 g/mol. The van der Waals surface area contributed by atoms with E-state index >= 15 is 0 Å². The van der Waals surface area contributed by atoms with Gasteiger partial charge in [0.25, 0.3) is 0 Å². The summed E-state index contributed by atoms with van der Waals surface area (Å²) in [5, 5.41) is 38.1. The monoisotopic (exact) mass is 1080 g/mol. The van der Waals surface area contributed by atoms with Gasteiger partial charge in [0, 0.05) is 47.1 Å². The Labute approximate surface area is 448 Å². The summed E-state index contributed by atoms with van der Waals surface area (Å²) in [5.74, 6) is -0.218. The van der Waals surface area contributed by atoms with Crippen molar-refractivity contribution in [3.63, 3.8) is 0 Å². The number of aliphatic imine (C=N–C) groups is 1. The maximum Gasteiger partial charge on any atom is 0.246 e. The van der Waals surface area contributed by atoms with E-state index in [1.165, 1.54) is 4.90 Å². The number of aliphatic hydroxyl groups is 1. The number of fused-ring (bicyclic) bond motifs is 3. The molecule has 20 nitrogen and oxygen atoms in total. The summed E-state index contributed by atoms with van der Waals surface area (Å²) in [5.41, 5.74) is 8.37. The number of aromatic nitrogens is 7. The summed E-state index contributed by atoms with van der Waals surface area (Å²) >= 11 is 9.47. The fourth-order valence-electron chi connectivity index (χ4n) is 8.87. The van der Waals surface area contributed by atoms with Crippen molar-refractivity contribution in [2.75, 3.05) is 46.1 Å². The van der Waals surface area contributed by atoms with Gasteiger partial charge >= 0.3 is 0 Å². The lowest BCUT2D eigenvalue weighted by molar-refractivity contribution is -0.144. The molecule has 2 aliphatic rings. The maximum absolute atomic E-state index is 14.0. The Kier molecular flexibility index (Phi) is 18.0. The number of ether oxygens (including phenoxy) is 3. The second-order valence-corrected chi connectivity index (χ2v) is 22.1. The minimum atomic E-state index is -0.985. The quantitative estimate of drug-likeness (QED) is 0.0625. The van der Waals surface area contributed by atoms with Crippen molar-refractivity contribution in [3.05, 3.63) is 115 Å². The number of hydrogen-bond donors (Lipinski definition) is 4. The molecule has 1 fully saturated rings. The molecule has 8 rings (SSSR count). The van der Waals surface area contributed by atoms with E-state index in [-0.39, 0.29) is 77.4 Å². The first kappa shape index (κ1) is 55.0. The van der Waals surface area contributed by atoms with Crippen LogP contribution >= 0.6 is 34.3 Å². The summed E-state index contributed by atoms with van der Waals surface area (Å²) in [6, 6.07) is 12.9. The molecule has 2 aromatic carbocycles. The Hall–Kier alpha value is -6.27. The van der Waals surface area contributed by atoms with Gasteiger partial charge in [0.05, 0.1) is 80.1 Å². The Morgan fingerprint density at radius 3 is 2.33 bits per heavy atom. The number of thiazole rings is 1. The van der Waals surface area contributed by atoms with Gasteiger partial charge in [0.1, 0.15) is 41.3 Å². The third-order valence-corrected chi connectivity index (χ3v) is 15.3. The number of amides is 4. The predicted octanol–water partition coefficient (Wildman–Crippen LogP) is 5.39. The van der Waals surface area contributed by atoms with Crippen molar-refractivity contribution in [1.82, 2.24) is 55.6 Å². The highest BCUT2D eigenvalue weighted by atomic mass is 35.5. The number of benzene rings is 2. The molecule has 0 unspecified atom stereocenters. The molecule has 0 radical (unpaired) electrons. The first-order valence-electron chi connectivity index (χ1n) is 24.8. The SMILES string of the molecule is Cc1ncsc1-c1ccc(CNC(=O)[C@@H]2C[C@@H](O)CN2C(=O)[C@@H](NC(=O)COCCOCCOCc2cn(CCNC(=O)C[C@@H]3N=C(c4ccc(Cl)cc4)c4c(sc(C)c4C)-n4c(C)nnc43)nn2)C(C)(C)C)cc1. The number of aliphatic hydroxyl groups excluding tert-OH is 1. The third kappa shape index (κ3) is 13.6. The van der Waals surface area contributed by atoms with Gasteiger partial charge < -0.3 is 40.2 Å². The molecule has 0 spiro atoms. The molecule has 6 aromatic rings. The zero-order valence-corrected chi connectivity index (χ0v) is 45.5. The molecular formula is C52H63ClN12O8S2. The fourth-order valence-corrected chi connectivity index (χ4v) is 11.0. The van der Waals surface area contributed by atoms with Crippen LogP contribution in [0.15, 0.2) is 65.2 Å². The van der Waals surface area contributed by atoms with E-state index in [0.29, 0.717) is 29.6 Å². The third-order valence-electron chi connectivity index (χ3n) is 12.9. The van der Waals surface area contributed by atoms with Crippen LogP contribution in [0.25, 0.3) is 15.4 Å². The standard InChI is InChI=1S/C52H63ClN12O8S2/c1-30-32(3)75-51-44(30)45(35-12-14-37(53)15-13-35)57-40(48-61-59-33(4)65(48)51)23-42(67)54-16-17-63-25-38(60-62-63)27-72-20-18-71-19-21-73-28-43(68)58-47(52(5,6)7)50(70)64-26-39(66)22-41(64)49(69)55-24-34-8-10-36(11-9-34)46-31(2)56-29-74-46/h8-15,25,29,39-41,47,66H,16-24,26-28H2,1-7H3,(H,54,67)(H,55,69)(H,58,68)/t39-,40+,41+,47-/m1/s1. The summed E-state index contributed by atoms with van der Waals surface area (Å²) in [6.45, 7) is 15.2. The van der Waals surface area contributed by atoms with E-state index in [0.717, 1.165) is 59.8 Å². The summed E-state index contributed by atoms with van der Waals surface area (Å²) in [6.07, 6.45) is 1.01. The van der Waals surface area contributed by atoms with Crippen LogP contribution in [0.2, 0.25) is 5.02 Å². The highest BCUT2D eigenvalue weighted by Gasteiger charge is 2.44. The van der Waals surface area contributed by atoms with Crippen LogP contribution < -0.4 is 16.0 Å². The van der Waals surface area contributed by atoms with Crippen molar-refractivity contribution in [2.45, 2.75) is 105 Å². The highest BCUT2D eigenvalue weighted by Crippen LogP contribution is 2.40. The molecule has 0 aliphatic carbocycles. The summed E-state index contributed by atoms with van der Waals surface area (Å²) < 4.78 is 20.5. The zero-order valence-electron chi connectivity index (χ0n) is 43.1. The van der Waals surface area contributed by atoms with Crippen molar-refractivity contribution in [3.8, 4) is 15.4 Å². The number of carbonyl (C=O) groups is 4. The van der Waals surface area contributed by atoms with Gasteiger partial charge in [-0.25, -0.2) is 4.98 Å². The van der Waals surface area contributed by atoms with Crippen LogP contribution in [0.3, 0.4) is 0 Å². The lowest BCUT2D eigenvalue weighted by Gasteiger charge is -2.35. The zero-order chi connectivity index (χ0) is 53.4. The number of hydrogen-bond acceptors (Lipinski definition) is 16. The van der Waals surface area contributed by atoms with E-state index < -0.39 is 41.5 Å². The Balaban J connectivity index is 0.715. The maximum atomic E-state index is 14.0. The van der Waals surface area contributed by atoms with Crippen LogP contribution in [0.4, 0.5) is 0 Å². The number of rotatable bonds is 22. The lowest BCUT2D eigenvalue weighted by atomic mass is 9.85. The number of β-amino-alcohol motifs (C(OH)–C–C–N with tert-alkyl or cyclic N) is 1. The summed E-state index contributed by atoms with van der Waals surface area (Å²) in [7, 11) is 0. The van der Waals surface area contributed by atoms with Crippen LogP contribution in [-0.4, -0.2) is 138 Å². The van der Waals surface area contributed by atoms with Gasteiger partial charge in [-0.3, -0.25) is 33.4 Å². The van der Waals surface area contributed by atoms with Gasteiger partial charge in [0.2, 0.25) is 23.6 Å². The van der Waals surface area contributed by atoms with Crippen LogP contribution in [-0.2, 0) is 53.1 Å². The first-order chi connectivity index (χ1) is 35.9. The molecule has 0 bridgehead atoms. The van der Waals surface area contributed by atoms with Gasteiger partial charge in [-0.1, -0.05) is 74.0 Å². The number of aryl methyl sites for hydroxylation is 3. The smallest absolute Gasteiger partial charge is 0.246 e. The number of nitrogens with one attached hydrogen (secondary N) is 3.